The summed E-state index contributed by atoms with van der Waals surface area (Å²) in [7, 11) is 3.40. The van der Waals surface area contributed by atoms with E-state index in [2.05, 4.69) is 47.2 Å². The monoisotopic (exact) mass is 833 g/mol. The van der Waals surface area contributed by atoms with Crippen molar-refractivity contribution in [3.05, 3.63) is 150 Å². The number of esters is 1. The standard InChI is InChI=1S/C50H63N3O8/c1-35-15-13-21-44(58-7)20-12-9-17-39(5)47(60-46(55)30-26-36(2)23-24-37(3)31-45(59-8)22-14-16-35)40(6)27-25-38(4)33-51-48(56)49(52-34-54)61-50(57)53-43-29-28-41-18-10-11-19-42(41)32-43/h9-12,14-20,23-32,34,36,39,44-45,47,49H,13,21-22,33H2,1-8H3,(H,51,56)(H,52,54)(H,53,57)/b16-14+,17-9+,20-12+,24-23+,30-26+,35-15-,37-31+,38-25+,40-27+/t36-,39+,44-,45+,47+,49+/m1/s1. The summed E-state index contributed by atoms with van der Waals surface area (Å²) in [6.07, 6.45) is 26.8. The summed E-state index contributed by atoms with van der Waals surface area (Å²) in [6, 6.07) is 13.0. The molecule has 3 rings (SSSR count). The minimum absolute atomic E-state index is 0.0343. The number of hydrogen-bond donors (Lipinski definition) is 3. The number of allylic oxidation sites excluding steroid dienone is 11. The predicted octanol–water partition coefficient (Wildman–Crippen LogP) is 9.54. The summed E-state index contributed by atoms with van der Waals surface area (Å²) in [5.74, 6) is -1.44. The van der Waals surface area contributed by atoms with Gasteiger partial charge < -0.3 is 29.6 Å². The van der Waals surface area contributed by atoms with E-state index >= 15 is 0 Å². The third-order valence-corrected chi connectivity index (χ3v) is 9.79. The molecule has 0 aliphatic carbocycles. The van der Waals surface area contributed by atoms with Gasteiger partial charge in [-0.1, -0.05) is 140 Å². The number of benzene rings is 2. The maximum Gasteiger partial charge on any atom is 0.413 e. The topological polar surface area (TPSA) is 141 Å². The molecule has 3 N–H and O–H groups in total. The van der Waals surface area contributed by atoms with Gasteiger partial charge in [0.05, 0.1) is 12.2 Å². The first-order valence-electron chi connectivity index (χ1n) is 20.6. The van der Waals surface area contributed by atoms with Crippen molar-refractivity contribution in [2.24, 2.45) is 11.8 Å². The number of fused-ring (bicyclic) bond motifs is 1. The van der Waals surface area contributed by atoms with Gasteiger partial charge in [-0.2, -0.15) is 0 Å². The molecule has 1 aliphatic rings. The smallest absolute Gasteiger partial charge is 0.413 e. The Morgan fingerprint density at radius 1 is 0.885 bits per heavy atom. The molecule has 1 aliphatic heterocycles. The fourth-order valence-corrected chi connectivity index (χ4v) is 6.20. The van der Waals surface area contributed by atoms with Gasteiger partial charge in [0.1, 0.15) is 6.10 Å². The van der Waals surface area contributed by atoms with Crippen molar-refractivity contribution in [3.63, 3.8) is 0 Å². The van der Waals surface area contributed by atoms with Gasteiger partial charge in [-0.15, -0.1) is 0 Å². The van der Waals surface area contributed by atoms with Crippen LogP contribution in [0.25, 0.3) is 10.8 Å². The summed E-state index contributed by atoms with van der Waals surface area (Å²) in [5, 5.41) is 9.43. The predicted molar refractivity (Wildman–Crippen MR) is 244 cm³/mol. The number of carbonyl (C=O) groups is 4. The van der Waals surface area contributed by atoms with E-state index < -0.39 is 30.3 Å². The van der Waals surface area contributed by atoms with E-state index in [1.54, 1.807) is 32.4 Å². The van der Waals surface area contributed by atoms with E-state index in [1.807, 2.05) is 114 Å². The van der Waals surface area contributed by atoms with Crippen molar-refractivity contribution in [2.45, 2.75) is 85.3 Å². The summed E-state index contributed by atoms with van der Waals surface area (Å²) < 4.78 is 22.7. The van der Waals surface area contributed by atoms with Gasteiger partial charge in [0.15, 0.2) is 0 Å². The van der Waals surface area contributed by atoms with Crippen LogP contribution in [0.3, 0.4) is 0 Å². The highest BCUT2D eigenvalue weighted by molar-refractivity contribution is 5.93. The molecule has 0 saturated heterocycles. The first kappa shape index (κ1) is 49.3. The van der Waals surface area contributed by atoms with E-state index in [0.717, 1.165) is 46.8 Å². The minimum Gasteiger partial charge on any atom is -0.454 e. The largest absolute Gasteiger partial charge is 0.454 e. The molecule has 0 spiro atoms. The summed E-state index contributed by atoms with van der Waals surface area (Å²) in [4.78, 5) is 50.2. The average molecular weight is 834 g/mol. The Morgan fingerprint density at radius 3 is 2.34 bits per heavy atom. The van der Waals surface area contributed by atoms with Crippen molar-refractivity contribution < 1.29 is 38.1 Å². The average Bonchev–Trinajstić information content (AvgIpc) is 3.24. The second kappa shape index (κ2) is 26.9. The van der Waals surface area contributed by atoms with Crippen LogP contribution >= 0.6 is 0 Å². The molecule has 11 heteroatoms. The lowest BCUT2D eigenvalue weighted by atomic mass is 9.96. The Balaban J connectivity index is 1.75. The minimum atomic E-state index is -1.57. The maximum absolute atomic E-state index is 13.2. The molecule has 0 fully saturated rings. The number of cyclic esters (lactones) is 1. The Kier molecular flexibility index (Phi) is 21.8. The van der Waals surface area contributed by atoms with Crippen LogP contribution in [0.5, 0.6) is 0 Å². The Hall–Kier alpha value is -6.04. The van der Waals surface area contributed by atoms with E-state index in [-0.39, 0.29) is 37.0 Å². The fraction of sp³-hybridized carbons (Fsp3) is 0.360. The molecule has 11 nitrogen and oxygen atoms in total. The van der Waals surface area contributed by atoms with Crippen molar-refractivity contribution in [1.29, 1.82) is 0 Å². The highest BCUT2D eigenvalue weighted by Gasteiger charge is 2.23. The Morgan fingerprint density at radius 2 is 1.61 bits per heavy atom. The van der Waals surface area contributed by atoms with Crippen LogP contribution in [0.15, 0.2) is 150 Å². The molecule has 3 amide bonds. The quantitative estimate of drug-likeness (QED) is 0.0880. The van der Waals surface area contributed by atoms with Gasteiger partial charge in [0.2, 0.25) is 6.41 Å². The molecular weight excluding hydrogens is 771 g/mol. The van der Waals surface area contributed by atoms with Crippen molar-refractivity contribution in [1.82, 2.24) is 10.6 Å². The van der Waals surface area contributed by atoms with E-state index in [9.17, 15) is 19.2 Å². The molecule has 61 heavy (non-hydrogen) atoms. The Bertz CT molecular complexity index is 2050. The van der Waals surface area contributed by atoms with Crippen LogP contribution in [0.2, 0.25) is 0 Å². The number of anilines is 1. The normalized spacial score (nSPS) is 26.3. The number of nitrogens with one attached hydrogen (secondary N) is 3. The maximum atomic E-state index is 13.2. The summed E-state index contributed by atoms with van der Waals surface area (Å²) in [6.45, 7) is 11.9. The van der Waals surface area contributed by atoms with Crippen LogP contribution in [0, 0.1) is 11.8 Å². The SMILES string of the molecule is CO[C@@H]1/C=C(C)/C=C/[C@@H](C)/C=C/C(=O)O[C@H](/C(C)=C/C=C(\C)CNC(=O)[C@@H](NC=O)OC(=O)Nc2ccc3ccccc3c2)[C@@H](C)/C=C/C=C/[C@@H](OC)CC/C=C(C)\C=C\C1. The molecule has 0 aromatic heterocycles. The Labute approximate surface area is 361 Å². The zero-order valence-electron chi connectivity index (χ0n) is 36.8. The fourth-order valence-electron chi connectivity index (χ4n) is 6.20. The van der Waals surface area contributed by atoms with Gasteiger partial charge in [0.25, 0.3) is 12.1 Å². The van der Waals surface area contributed by atoms with Crippen molar-refractivity contribution >= 4 is 40.8 Å². The number of methoxy groups -OCH3 is 2. The van der Waals surface area contributed by atoms with Gasteiger partial charge in [-0.25, -0.2) is 9.59 Å². The first-order valence-corrected chi connectivity index (χ1v) is 20.6. The van der Waals surface area contributed by atoms with Gasteiger partial charge >= 0.3 is 12.1 Å². The van der Waals surface area contributed by atoms with E-state index in [0.29, 0.717) is 5.69 Å². The van der Waals surface area contributed by atoms with Crippen LogP contribution in [0.1, 0.15) is 60.8 Å². The van der Waals surface area contributed by atoms with Gasteiger partial charge in [-0.05, 0) is 81.4 Å². The molecule has 1 heterocycles. The molecule has 0 bridgehead atoms. The number of rotatable bonds is 11. The third kappa shape index (κ3) is 18.8. The second-order valence-corrected chi connectivity index (χ2v) is 15.1. The summed E-state index contributed by atoms with van der Waals surface area (Å²) >= 11 is 0. The molecule has 326 valence electrons. The van der Waals surface area contributed by atoms with Crippen LogP contribution in [-0.4, -0.2) is 69.7 Å². The zero-order chi connectivity index (χ0) is 44.6. The molecule has 2 aromatic rings. The molecule has 0 saturated carbocycles. The van der Waals surface area contributed by atoms with Gasteiger partial charge in [-0.3, -0.25) is 14.9 Å². The van der Waals surface area contributed by atoms with Crippen molar-refractivity contribution in [3.8, 4) is 0 Å². The number of ether oxygens (including phenoxy) is 4. The van der Waals surface area contributed by atoms with Gasteiger partial charge in [0, 0.05) is 38.4 Å². The molecule has 2 aromatic carbocycles. The molecular formula is C50H63N3O8. The van der Waals surface area contributed by atoms with Crippen LogP contribution < -0.4 is 16.0 Å². The molecule has 0 radical (unpaired) electrons. The third-order valence-electron chi connectivity index (χ3n) is 9.79. The second-order valence-electron chi connectivity index (χ2n) is 15.1. The first-order chi connectivity index (χ1) is 29.3. The van der Waals surface area contributed by atoms with Crippen LogP contribution in [-0.2, 0) is 33.3 Å². The number of amides is 3. The van der Waals surface area contributed by atoms with E-state index in [4.69, 9.17) is 18.9 Å². The van der Waals surface area contributed by atoms with Crippen LogP contribution in [0.4, 0.5) is 10.5 Å². The molecule has 6 atom stereocenters. The lowest BCUT2D eigenvalue weighted by Gasteiger charge is -2.22. The highest BCUT2D eigenvalue weighted by atomic mass is 16.6. The molecule has 0 unspecified atom stereocenters. The lowest BCUT2D eigenvalue weighted by molar-refractivity contribution is -0.142. The zero-order valence-corrected chi connectivity index (χ0v) is 36.8. The lowest BCUT2D eigenvalue weighted by Crippen LogP contribution is -2.47. The highest BCUT2D eigenvalue weighted by Crippen LogP contribution is 2.21. The summed E-state index contributed by atoms with van der Waals surface area (Å²) in [5.41, 5.74) is 4.22. The number of carbonyl (C=O) groups excluding carboxylic acids is 4. The van der Waals surface area contributed by atoms with Crippen molar-refractivity contribution in [2.75, 3.05) is 26.1 Å². The number of hydrogen-bond acceptors (Lipinski definition) is 8. The van der Waals surface area contributed by atoms with E-state index in [1.165, 1.54) is 11.6 Å².